The molecule has 6 aliphatic carbocycles. The summed E-state index contributed by atoms with van der Waals surface area (Å²) < 4.78 is 0. The van der Waals surface area contributed by atoms with Gasteiger partial charge in [-0.15, -0.1) is 0 Å². The first-order chi connectivity index (χ1) is 58.1. The SMILES string of the molecule is CC1(C)c2ccccc2-c2c1ccc1c2-c2cc(-c3ccc4c(c3)-c3ccccc3C4c3cccc(-c4ccccc4)c3)ccc2C1c1ccc(-c2ccccc2)cc1.CC1(C)c2ccccc2-c2ccc3c(c21)-c1cc(-c2ccc4c(c2)-c2ccccc2C4c2cccc(-c4ccccc4)c2)ccc1C3c1ccc(-c2ccccc2)cc1. The van der Waals surface area contributed by atoms with Crippen molar-refractivity contribution in [3.05, 3.63) is 502 Å². The van der Waals surface area contributed by atoms with Crippen LogP contribution in [0.25, 0.3) is 134 Å². The Balaban J connectivity index is 0.000000138. The van der Waals surface area contributed by atoms with Crippen LogP contribution in [0.4, 0.5) is 0 Å². The molecule has 0 saturated carbocycles. The van der Waals surface area contributed by atoms with E-state index in [1.165, 1.54) is 223 Å². The van der Waals surface area contributed by atoms with E-state index in [1.807, 2.05) is 0 Å². The highest BCUT2D eigenvalue weighted by Crippen LogP contribution is 2.63. The highest BCUT2D eigenvalue weighted by molar-refractivity contribution is 6.01. The van der Waals surface area contributed by atoms with Crippen molar-refractivity contribution in [1.29, 1.82) is 0 Å². The Hall–Kier alpha value is -14.0. The summed E-state index contributed by atoms with van der Waals surface area (Å²) in [5, 5.41) is 0. The molecule has 4 unspecified atom stereocenters. The molecule has 0 aromatic heterocycles. The molecule has 0 N–H and O–H groups in total. The van der Waals surface area contributed by atoms with Gasteiger partial charge < -0.3 is 0 Å². The smallest absolute Gasteiger partial charge is 0.0352 e. The minimum atomic E-state index is -0.124. The zero-order valence-corrected chi connectivity index (χ0v) is 66.6. The molecule has 0 heteroatoms. The lowest BCUT2D eigenvalue weighted by atomic mass is 9.78. The normalized spacial score (nSPS) is 16.1. The Kier molecular flexibility index (Phi) is 16.1. The molecule has 118 heavy (non-hydrogen) atoms. The molecule has 556 valence electrons. The van der Waals surface area contributed by atoms with Gasteiger partial charge in [0.05, 0.1) is 0 Å². The van der Waals surface area contributed by atoms with Crippen LogP contribution in [-0.2, 0) is 10.8 Å². The lowest BCUT2D eigenvalue weighted by molar-refractivity contribution is 0.660. The van der Waals surface area contributed by atoms with Gasteiger partial charge in [-0.05, 0) is 247 Å². The average molecular weight is 1500 g/mol. The highest BCUT2D eigenvalue weighted by Gasteiger charge is 2.45. The van der Waals surface area contributed by atoms with E-state index in [0.717, 1.165) is 0 Å². The first kappa shape index (κ1) is 69.5. The molecular weight excluding hydrogens is 1420 g/mol. The van der Waals surface area contributed by atoms with Crippen LogP contribution in [0, 0.1) is 0 Å². The van der Waals surface area contributed by atoms with Crippen molar-refractivity contribution in [2.75, 3.05) is 0 Å². The Labute approximate surface area is 692 Å². The molecule has 4 atom stereocenters. The van der Waals surface area contributed by atoms with E-state index in [0.29, 0.717) is 0 Å². The fourth-order valence-electron chi connectivity index (χ4n) is 21.8. The lowest BCUT2D eigenvalue weighted by Gasteiger charge is -2.25. The summed E-state index contributed by atoms with van der Waals surface area (Å²) in [5.74, 6) is 0.680. The summed E-state index contributed by atoms with van der Waals surface area (Å²) in [7, 11) is 0. The number of hydrogen-bond acceptors (Lipinski definition) is 0. The molecule has 0 spiro atoms. The number of rotatable bonds is 10. The maximum absolute atomic E-state index is 2.51. The predicted octanol–water partition coefficient (Wildman–Crippen LogP) is 30.6. The summed E-state index contributed by atoms with van der Waals surface area (Å²) in [6.07, 6.45) is 0. The van der Waals surface area contributed by atoms with Crippen LogP contribution in [0.1, 0.15) is 140 Å². The molecule has 18 aromatic carbocycles. The first-order valence-electron chi connectivity index (χ1n) is 42.0. The third-order valence-corrected chi connectivity index (χ3v) is 27.3. The fourth-order valence-corrected chi connectivity index (χ4v) is 21.8. The molecule has 0 nitrogen and oxygen atoms in total. The Bertz CT molecular complexity index is 7080. The molecule has 0 aliphatic heterocycles. The van der Waals surface area contributed by atoms with Gasteiger partial charge in [-0.1, -0.05) is 416 Å². The fraction of sp³-hybridized carbons (Fsp3) is 0.0847. The quantitative estimate of drug-likeness (QED) is 0.128. The maximum Gasteiger partial charge on any atom is 0.0352 e. The van der Waals surface area contributed by atoms with E-state index in [1.54, 1.807) is 0 Å². The summed E-state index contributed by atoms with van der Waals surface area (Å²) in [6.45, 7) is 9.63. The van der Waals surface area contributed by atoms with Gasteiger partial charge in [0.25, 0.3) is 0 Å². The number of benzene rings is 18. The number of hydrogen-bond donors (Lipinski definition) is 0. The highest BCUT2D eigenvalue weighted by atomic mass is 14.5. The topological polar surface area (TPSA) is 0 Å². The molecule has 0 fully saturated rings. The molecule has 6 aliphatic rings. The van der Waals surface area contributed by atoms with E-state index in [-0.39, 0.29) is 34.5 Å². The van der Waals surface area contributed by atoms with Gasteiger partial charge >= 0.3 is 0 Å². The zero-order chi connectivity index (χ0) is 78.5. The summed E-state index contributed by atoms with van der Waals surface area (Å²) >= 11 is 0. The minimum Gasteiger partial charge on any atom is -0.0622 e. The van der Waals surface area contributed by atoms with Gasteiger partial charge in [0.15, 0.2) is 0 Å². The van der Waals surface area contributed by atoms with E-state index < -0.39 is 0 Å². The molecule has 24 rings (SSSR count). The third kappa shape index (κ3) is 11.0. The van der Waals surface area contributed by atoms with Crippen molar-refractivity contribution in [1.82, 2.24) is 0 Å². The van der Waals surface area contributed by atoms with Gasteiger partial charge in [-0.25, -0.2) is 0 Å². The van der Waals surface area contributed by atoms with Crippen LogP contribution in [0.5, 0.6) is 0 Å². The van der Waals surface area contributed by atoms with Crippen LogP contribution < -0.4 is 0 Å². The van der Waals surface area contributed by atoms with Crippen molar-refractivity contribution < 1.29 is 0 Å². The second-order valence-corrected chi connectivity index (χ2v) is 34.3. The Morgan fingerprint density at radius 3 is 0.924 bits per heavy atom. The minimum absolute atomic E-state index is 0.0708. The molecule has 0 saturated heterocycles. The Morgan fingerprint density at radius 2 is 0.458 bits per heavy atom. The van der Waals surface area contributed by atoms with Gasteiger partial charge in [-0.2, -0.15) is 0 Å². The molecule has 0 heterocycles. The predicted molar refractivity (Wildman–Crippen MR) is 492 cm³/mol. The van der Waals surface area contributed by atoms with Crippen LogP contribution in [0.3, 0.4) is 0 Å². The van der Waals surface area contributed by atoms with Gasteiger partial charge in [0, 0.05) is 34.5 Å². The van der Waals surface area contributed by atoms with Crippen molar-refractivity contribution in [2.45, 2.75) is 62.2 Å². The van der Waals surface area contributed by atoms with Gasteiger partial charge in [0.2, 0.25) is 0 Å². The molecule has 0 bridgehead atoms. The van der Waals surface area contributed by atoms with Gasteiger partial charge in [-0.3, -0.25) is 0 Å². The van der Waals surface area contributed by atoms with Crippen molar-refractivity contribution >= 4 is 0 Å². The van der Waals surface area contributed by atoms with Crippen LogP contribution >= 0.6 is 0 Å². The summed E-state index contributed by atoms with van der Waals surface area (Å²) in [5.41, 5.74) is 53.4. The third-order valence-electron chi connectivity index (χ3n) is 27.3. The second-order valence-electron chi connectivity index (χ2n) is 34.3. The molecule has 0 amide bonds. The molecular formula is C118H84. The summed E-state index contributed by atoms with van der Waals surface area (Å²) in [6, 6.07) is 155. The van der Waals surface area contributed by atoms with Crippen LogP contribution in [0.2, 0.25) is 0 Å². The second kappa shape index (κ2) is 27.3. The van der Waals surface area contributed by atoms with E-state index in [4.69, 9.17) is 0 Å². The standard InChI is InChI=1S/2C59H42/c1-59(2)54-23-12-11-21-46(54)50-32-33-51-55(40-26-24-39(25-27-40)37-14-5-3-6-15-37)49-31-29-43(36-53(49)57(51)58(50)59)42-28-30-48-52(35-42)45-20-9-10-22-47(45)56(48)44-19-13-18-41(34-44)38-16-7-4-8-17-38;1-59(2)53-23-12-11-22-49(53)58-54(59)33-32-50-55(40-26-24-39(25-27-40)37-14-5-3-6-15-37)48-31-29-43(36-52(48)57(50)58)42-28-30-47-51(35-42)45-20-9-10-21-46(45)56(47)44-19-13-18-41(34-44)38-16-7-4-8-17-38/h2*3-36,55-56H,1-2H3. The van der Waals surface area contributed by atoms with E-state index in [9.17, 15) is 0 Å². The largest absolute Gasteiger partial charge is 0.0622 e. The van der Waals surface area contributed by atoms with E-state index in [2.05, 4.69) is 440 Å². The molecule has 0 radical (unpaired) electrons. The van der Waals surface area contributed by atoms with Crippen molar-refractivity contribution in [3.63, 3.8) is 0 Å². The Morgan fingerprint density at radius 1 is 0.153 bits per heavy atom. The van der Waals surface area contributed by atoms with Crippen molar-refractivity contribution in [3.8, 4) is 134 Å². The zero-order valence-electron chi connectivity index (χ0n) is 66.6. The monoisotopic (exact) mass is 1500 g/mol. The molecule has 18 aromatic rings. The lowest BCUT2D eigenvalue weighted by Crippen LogP contribution is -2.16. The maximum atomic E-state index is 2.51. The van der Waals surface area contributed by atoms with Crippen molar-refractivity contribution in [2.24, 2.45) is 0 Å². The van der Waals surface area contributed by atoms with E-state index >= 15 is 0 Å². The first-order valence-corrected chi connectivity index (χ1v) is 42.0. The van der Waals surface area contributed by atoms with Gasteiger partial charge in [0.1, 0.15) is 0 Å². The van der Waals surface area contributed by atoms with Crippen LogP contribution in [0.15, 0.2) is 413 Å². The number of fused-ring (bicyclic) bond motifs is 20. The average Bonchev–Trinajstić information content (AvgIpc) is 1.54. The van der Waals surface area contributed by atoms with Crippen LogP contribution in [-0.4, -0.2) is 0 Å². The summed E-state index contributed by atoms with van der Waals surface area (Å²) in [4.78, 5) is 0.